The molecule has 3 aromatic carbocycles. The number of aryl methyl sites for hydroxylation is 3. The fourth-order valence-corrected chi connectivity index (χ4v) is 3.48. The largest absolute Gasteiger partial charge is 0.476 e. The summed E-state index contributed by atoms with van der Waals surface area (Å²) in [6, 6.07) is 21.9. The molecule has 0 saturated carbocycles. The van der Waals surface area contributed by atoms with Crippen LogP contribution in [-0.4, -0.2) is 5.91 Å². The van der Waals surface area contributed by atoms with Gasteiger partial charge < -0.3 is 14.5 Å². The summed E-state index contributed by atoms with van der Waals surface area (Å²) >= 11 is 0. The van der Waals surface area contributed by atoms with E-state index in [0.717, 1.165) is 33.3 Å². The molecule has 0 bridgehead atoms. The number of rotatable bonds is 5. The van der Waals surface area contributed by atoms with Crippen LogP contribution in [0.5, 0.6) is 5.75 Å². The molecule has 0 aliphatic carbocycles. The molecule has 1 aromatic heterocycles. The summed E-state index contributed by atoms with van der Waals surface area (Å²) in [7, 11) is 0. The van der Waals surface area contributed by atoms with Crippen LogP contribution in [0.25, 0.3) is 11.0 Å². The van der Waals surface area contributed by atoms with Crippen LogP contribution in [0, 0.1) is 20.8 Å². The Hall–Kier alpha value is -3.86. The maximum absolute atomic E-state index is 13.2. The van der Waals surface area contributed by atoms with Crippen molar-refractivity contribution in [2.45, 2.75) is 26.9 Å². The molecule has 4 rings (SSSR count). The van der Waals surface area contributed by atoms with E-state index in [-0.39, 0.29) is 5.91 Å². The molecule has 5 heteroatoms. The van der Waals surface area contributed by atoms with Gasteiger partial charge in [0, 0.05) is 28.8 Å². The van der Waals surface area contributed by atoms with E-state index in [0.29, 0.717) is 11.3 Å². The molecule has 1 atom stereocenters. The zero-order valence-corrected chi connectivity index (χ0v) is 17.6. The number of hydrogen-bond acceptors (Lipinski definition) is 4. The Morgan fingerprint density at radius 1 is 0.903 bits per heavy atom. The molecule has 0 fully saturated rings. The molecule has 1 amide bonds. The van der Waals surface area contributed by atoms with Gasteiger partial charge in [-0.05, 0) is 55.7 Å². The van der Waals surface area contributed by atoms with Gasteiger partial charge in [0.2, 0.25) is 6.10 Å². The average molecular weight is 413 g/mol. The number of ether oxygens (including phenoxy) is 1. The lowest BCUT2D eigenvalue weighted by atomic mass is 10.1. The molecule has 156 valence electrons. The minimum atomic E-state index is -0.880. The van der Waals surface area contributed by atoms with E-state index in [1.165, 1.54) is 6.07 Å². The first kappa shape index (κ1) is 20.4. The maximum atomic E-state index is 13.2. The van der Waals surface area contributed by atoms with Gasteiger partial charge in [-0.15, -0.1) is 0 Å². The van der Waals surface area contributed by atoms with E-state index in [2.05, 4.69) is 5.32 Å². The van der Waals surface area contributed by atoms with Crippen molar-refractivity contribution in [1.29, 1.82) is 0 Å². The van der Waals surface area contributed by atoms with Crippen molar-refractivity contribution in [3.05, 3.63) is 105 Å². The van der Waals surface area contributed by atoms with Crippen LogP contribution in [0.1, 0.15) is 28.4 Å². The van der Waals surface area contributed by atoms with Gasteiger partial charge >= 0.3 is 5.63 Å². The Bertz CT molecular complexity index is 1310. The van der Waals surface area contributed by atoms with E-state index >= 15 is 0 Å². The quantitative estimate of drug-likeness (QED) is 0.440. The fourth-order valence-electron chi connectivity index (χ4n) is 3.48. The highest BCUT2D eigenvalue weighted by Gasteiger charge is 2.24. The normalized spacial score (nSPS) is 11.8. The molecule has 4 aromatic rings. The van der Waals surface area contributed by atoms with Crippen LogP contribution in [-0.2, 0) is 4.79 Å². The minimum absolute atomic E-state index is 0.286. The van der Waals surface area contributed by atoms with Gasteiger partial charge in [0.1, 0.15) is 11.3 Å². The van der Waals surface area contributed by atoms with Crippen molar-refractivity contribution >= 4 is 22.6 Å². The summed E-state index contributed by atoms with van der Waals surface area (Å²) in [5.74, 6) is 0.150. The number of carbonyl (C=O) groups is 1. The Kier molecular flexibility index (Phi) is 5.58. The second-order valence-electron chi connectivity index (χ2n) is 7.62. The monoisotopic (exact) mass is 413 g/mol. The Morgan fingerprint density at radius 3 is 2.45 bits per heavy atom. The van der Waals surface area contributed by atoms with Crippen molar-refractivity contribution in [3.63, 3.8) is 0 Å². The fraction of sp³-hybridized carbons (Fsp3) is 0.154. The van der Waals surface area contributed by atoms with Gasteiger partial charge in [-0.2, -0.15) is 0 Å². The number of nitrogens with one attached hydrogen (secondary N) is 1. The summed E-state index contributed by atoms with van der Waals surface area (Å²) < 4.78 is 11.4. The third-order valence-corrected chi connectivity index (χ3v) is 5.17. The number of carbonyl (C=O) groups excluding carboxylic acids is 1. The van der Waals surface area contributed by atoms with Crippen LogP contribution in [0.3, 0.4) is 0 Å². The predicted molar refractivity (Wildman–Crippen MR) is 122 cm³/mol. The molecule has 0 saturated heterocycles. The Balaban J connectivity index is 1.69. The first-order chi connectivity index (χ1) is 14.9. The summed E-state index contributed by atoms with van der Waals surface area (Å²) in [5.41, 5.74) is 4.31. The molecular weight excluding hydrogens is 390 g/mol. The second kappa shape index (κ2) is 8.48. The topological polar surface area (TPSA) is 68.5 Å². The van der Waals surface area contributed by atoms with E-state index in [4.69, 9.17) is 9.15 Å². The van der Waals surface area contributed by atoms with Gasteiger partial charge in [0.05, 0.1) is 0 Å². The van der Waals surface area contributed by atoms with Crippen molar-refractivity contribution in [3.8, 4) is 5.75 Å². The summed E-state index contributed by atoms with van der Waals surface area (Å²) in [6.07, 6.45) is -0.880. The highest BCUT2D eigenvalue weighted by molar-refractivity contribution is 5.96. The van der Waals surface area contributed by atoms with Crippen LogP contribution >= 0.6 is 0 Å². The minimum Gasteiger partial charge on any atom is -0.476 e. The lowest BCUT2D eigenvalue weighted by Gasteiger charge is -2.20. The van der Waals surface area contributed by atoms with E-state index in [9.17, 15) is 9.59 Å². The smallest absolute Gasteiger partial charge is 0.336 e. The highest BCUT2D eigenvalue weighted by atomic mass is 16.5. The number of anilines is 1. The van der Waals surface area contributed by atoms with Crippen molar-refractivity contribution in [1.82, 2.24) is 0 Å². The average Bonchev–Trinajstić information content (AvgIpc) is 2.74. The third-order valence-electron chi connectivity index (χ3n) is 5.17. The number of hydrogen-bond donors (Lipinski definition) is 1. The number of fused-ring (bicyclic) bond motifs is 1. The SMILES string of the molecule is Cc1ccc(C)c(NC(=O)[C@H](Oc2ccc3c(C)cc(=O)oc3c2)c2ccccc2)c1. The van der Waals surface area contributed by atoms with Crippen LogP contribution in [0.4, 0.5) is 5.69 Å². The molecule has 0 aliphatic heterocycles. The van der Waals surface area contributed by atoms with Gasteiger partial charge in [0.15, 0.2) is 0 Å². The summed E-state index contributed by atoms with van der Waals surface area (Å²) in [6.45, 7) is 5.77. The molecule has 31 heavy (non-hydrogen) atoms. The lowest BCUT2D eigenvalue weighted by molar-refractivity contribution is -0.123. The molecule has 0 unspecified atom stereocenters. The van der Waals surface area contributed by atoms with Crippen molar-refractivity contribution in [2.75, 3.05) is 5.32 Å². The second-order valence-corrected chi connectivity index (χ2v) is 7.62. The number of amides is 1. The number of benzene rings is 3. The standard InChI is InChI=1S/C26H23NO4/c1-16-9-10-17(2)22(13-16)27-26(29)25(19-7-5-4-6-8-19)30-20-11-12-21-18(3)14-24(28)31-23(21)15-20/h4-15,25H,1-3H3,(H,27,29)/t25-/m1/s1. The Labute approximate surface area is 180 Å². The van der Waals surface area contributed by atoms with Crippen molar-refractivity contribution < 1.29 is 13.9 Å². The van der Waals surface area contributed by atoms with Crippen LogP contribution in [0.15, 0.2) is 82.0 Å². The maximum Gasteiger partial charge on any atom is 0.336 e. The molecule has 0 aliphatic rings. The van der Waals surface area contributed by atoms with Crippen molar-refractivity contribution in [2.24, 2.45) is 0 Å². The first-order valence-electron chi connectivity index (χ1n) is 10.0. The zero-order valence-electron chi connectivity index (χ0n) is 17.6. The van der Waals surface area contributed by atoms with Gasteiger partial charge in [-0.3, -0.25) is 4.79 Å². The lowest BCUT2D eigenvalue weighted by Crippen LogP contribution is -2.26. The third kappa shape index (κ3) is 4.51. The van der Waals surface area contributed by atoms with Gasteiger partial charge in [-0.25, -0.2) is 4.79 Å². The molecule has 5 nitrogen and oxygen atoms in total. The molecule has 0 spiro atoms. The highest BCUT2D eigenvalue weighted by Crippen LogP contribution is 2.28. The van der Waals surface area contributed by atoms with E-state index < -0.39 is 11.7 Å². The predicted octanol–water partition coefficient (Wildman–Crippen LogP) is 5.48. The van der Waals surface area contributed by atoms with E-state index in [1.807, 2.05) is 75.4 Å². The van der Waals surface area contributed by atoms with Gasteiger partial charge in [-0.1, -0.05) is 42.5 Å². The van der Waals surface area contributed by atoms with Crippen LogP contribution in [0.2, 0.25) is 0 Å². The van der Waals surface area contributed by atoms with Crippen LogP contribution < -0.4 is 15.7 Å². The first-order valence-corrected chi connectivity index (χ1v) is 10.0. The molecule has 0 radical (unpaired) electrons. The Morgan fingerprint density at radius 2 is 1.68 bits per heavy atom. The summed E-state index contributed by atoms with van der Waals surface area (Å²) in [4.78, 5) is 25.0. The van der Waals surface area contributed by atoms with Gasteiger partial charge in [0.25, 0.3) is 5.91 Å². The zero-order chi connectivity index (χ0) is 22.0. The molecule has 1 N–H and O–H groups in total. The molecular formula is C26H23NO4. The van der Waals surface area contributed by atoms with E-state index in [1.54, 1.807) is 12.1 Å². The molecule has 1 heterocycles. The summed E-state index contributed by atoms with van der Waals surface area (Å²) in [5, 5.41) is 3.81.